The van der Waals surface area contributed by atoms with Gasteiger partial charge in [0.25, 0.3) is 0 Å². The summed E-state index contributed by atoms with van der Waals surface area (Å²) < 4.78 is 18.2. The third-order valence-corrected chi connectivity index (χ3v) is 5.63. The fraction of sp³-hybridized carbons (Fsp3) is 0.423. The number of ether oxygens (including phenoxy) is 1. The van der Waals surface area contributed by atoms with Gasteiger partial charge in [0.05, 0.1) is 7.11 Å². The van der Waals surface area contributed by atoms with Crippen molar-refractivity contribution in [1.29, 1.82) is 0 Å². The number of hydrogen-bond donors (Lipinski definition) is 3. The van der Waals surface area contributed by atoms with Crippen LogP contribution in [0.5, 0.6) is 5.75 Å². The van der Waals surface area contributed by atoms with Crippen LogP contribution in [0.25, 0.3) is 0 Å². The van der Waals surface area contributed by atoms with E-state index in [-0.39, 0.29) is 23.5 Å². The van der Waals surface area contributed by atoms with E-state index in [4.69, 9.17) is 16.2 Å². The molecular formula is C26H35FN4O3. The van der Waals surface area contributed by atoms with Crippen LogP contribution in [0.2, 0.25) is 0 Å². The zero-order valence-electron chi connectivity index (χ0n) is 19.8. The Kier molecular flexibility index (Phi) is 11.6. The molecule has 0 saturated heterocycles. The molecule has 1 aliphatic rings. The molecule has 0 unspecified atom stereocenters. The molecule has 184 valence electrons. The first-order chi connectivity index (χ1) is 16.4. The largest absolute Gasteiger partial charge is 0.494 e. The van der Waals surface area contributed by atoms with Crippen LogP contribution in [-0.2, 0) is 22.6 Å². The van der Waals surface area contributed by atoms with Crippen LogP contribution >= 0.6 is 0 Å². The van der Waals surface area contributed by atoms with Gasteiger partial charge in [-0.2, -0.15) is 4.99 Å². The second-order valence-corrected chi connectivity index (χ2v) is 8.37. The average molecular weight is 471 g/mol. The first kappa shape index (κ1) is 26.8. The molecule has 2 aromatic rings. The van der Waals surface area contributed by atoms with Gasteiger partial charge in [-0.25, -0.2) is 4.39 Å². The van der Waals surface area contributed by atoms with Gasteiger partial charge in [0.1, 0.15) is 0 Å². The number of guanidine groups is 1. The summed E-state index contributed by atoms with van der Waals surface area (Å²) in [6.07, 6.45) is 7.71. The molecule has 1 fully saturated rings. The zero-order chi connectivity index (χ0) is 24.8. The van der Waals surface area contributed by atoms with E-state index in [1.807, 2.05) is 30.3 Å². The number of hydrogen-bond acceptors (Lipinski definition) is 3. The van der Waals surface area contributed by atoms with Crippen LogP contribution in [0.4, 0.5) is 4.39 Å². The van der Waals surface area contributed by atoms with Crippen molar-refractivity contribution in [2.24, 2.45) is 22.4 Å². The number of benzene rings is 2. The number of rotatable bonds is 8. The number of nitrogens with one attached hydrogen (secondary N) is 1. The third-order valence-electron chi connectivity index (χ3n) is 5.63. The van der Waals surface area contributed by atoms with Gasteiger partial charge in [0, 0.05) is 19.4 Å². The van der Waals surface area contributed by atoms with Crippen molar-refractivity contribution in [3.8, 4) is 5.75 Å². The molecule has 0 aliphatic heterocycles. The van der Waals surface area contributed by atoms with Crippen molar-refractivity contribution in [2.45, 2.75) is 57.9 Å². The molecule has 0 heterocycles. The molecule has 5 N–H and O–H groups in total. The van der Waals surface area contributed by atoms with Crippen molar-refractivity contribution in [3.05, 3.63) is 65.5 Å². The smallest absolute Gasteiger partial charge is 0.249 e. The number of aliphatic imine (C=N–C) groups is 1. The Bertz CT molecular complexity index is 940. The number of carbonyl (C=O) groups excluding carboxylic acids is 2. The highest BCUT2D eigenvalue weighted by molar-refractivity contribution is 5.91. The quantitative estimate of drug-likeness (QED) is 0.400. The van der Waals surface area contributed by atoms with Gasteiger partial charge in [0.15, 0.2) is 17.5 Å². The number of nitrogens with two attached hydrogens (primary N) is 2. The minimum Gasteiger partial charge on any atom is -0.494 e. The molecular weight excluding hydrogens is 435 g/mol. The van der Waals surface area contributed by atoms with E-state index in [2.05, 4.69) is 10.3 Å². The standard InChI is InChI=1S/C17H18FNO2.C9H17N3O/c1-21-16-11-14(7-9-15(16)18)12-19-17(20)10-8-13-5-3-2-4-6-13;10-9(11)12-8(13)6-7-4-2-1-3-5-7/h2-7,9,11H,8,10,12H2,1H3,(H,19,20);7H,1-6H2,(H4,10,11,12,13). The van der Waals surface area contributed by atoms with E-state index in [1.54, 1.807) is 12.1 Å². The average Bonchev–Trinajstić information content (AvgIpc) is 2.83. The van der Waals surface area contributed by atoms with E-state index in [0.29, 0.717) is 31.7 Å². The van der Waals surface area contributed by atoms with Gasteiger partial charge in [-0.05, 0) is 48.4 Å². The van der Waals surface area contributed by atoms with E-state index >= 15 is 0 Å². The Morgan fingerprint density at radius 1 is 1.06 bits per heavy atom. The van der Waals surface area contributed by atoms with Crippen LogP contribution in [0.15, 0.2) is 53.5 Å². The molecule has 0 atom stereocenters. The summed E-state index contributed by atoms with van der Waals surface area (Å²) in [5, 5.41) is 2.82. The summed E-state index contributed by atoms with van der Waals surface area (Å²) in [6.45, 7) is 0.365. The molecule has 34 heavy (non-hydrogen) atoms. The lowest BCUT2D eigenvalue weighted by Gasteiger charge is -2.19. The van der Waals surface area contributed by atoms with Gasteiger partial charge in [0.2, 0.25) is 11.8 Å². The van der Waals surface area contributed by atoms with Crippen molar-refractivity contribution >= 4 is 17.8 Å². The predicted octanol–water partition coefficient (Wildman–Crippen LogP) is 3.84. The summed E-state index contributed by atoms with van der Waals surface area (Å²) >= 11 is 0. The van der Waals surface area contributed by atoms with E-state index in [0.717, 1.165) is 24.0 Å². The maximum atomic E-state index is 13.3. The van der Waals surface area contributed by atoms with Crippen molar-refractivity contribution in [1.82, 2.24) is 5.32 Å². The Labute approximate surface area is 200 Å². The van der Waals surface area contributed by atoms with Gasteiger partial charge < -0.3 is 21.5 Å². The van der Waals surface area contributed by atoms with Crippen LogP contribution in [-0.4, -0.2) is 24.9 Å². The molecule has 0 radical (unpaired) electrons. The fourth-order valence-electron chi connectivity index (χ4n) is 3.83. The maximum absolute atomic E-state index is 13.3. The molecule has 0 aromatic heterocycles. The second kappa shape index (κ2) is 14.7. The number of nitrogens with zero attached hydrogens (tertiary/aromatic N) is 1. The first-order valence-electron chi connectivity index (χ1n) is 11.6. The summed E-state index contributed by atoms with van der Waals surface area (Å²) in [4.78, 5) is 26.5. The number of aryl methyl sites for hydroxylation is 1. The van der Waals surface area contributed by atoms with Gasteiger partial charge in [-0.15, -0.1) is 0 Å². The van der Waals surface area contributed by atoms with Crippen molar-refractivity contribution < 1.29 is 18.7 Å². The van der Waals surface area contributed by atoms with Crippen LogP contribution in [0.1, 0.15) is 56.1 Å². The van der Waals surface area contributed by atoms with Crippen LogP contribution in [0, 0.1) is 11.7 Å². The lowest BCUT2D eigenvalue weighted by atomic mass is 9.87. The number of amides is 2. The Morgan fingerprint density at radius 2 is 1.76 bits per heavy atom. The van der Waals surface area contributed by atoms with Crippen LogP contribution in [0.3, 0.4) is 0 Å². The van der Waals surface area contributed by atoms with Gasteiger partial charge >= 0.3 is 0 Å². The SMILES string of the molecule is COc1cc(CNC(=O)CCc2ccccc2)ccc1F.NC(N)=NC(=O)CC1CCCCC1. The van der Waals surface area contributed by atoms with Crippen LogP contribution < -0.4 is 21.5 Å². The third kappa shape index (κ3) is 10.5. The Morgan fingerprint density at radius 3 is 2.41 bits per heavy atom. The first-order valence-corrected chi connectivity index (χ1v) is 11.6. The molecule has 1 saturated carbocycles. The normalized spacial score (nSPS) is 13.2. The highest BCUT2D eigenvalue weighted by Gasteiger charge is 2.16. The van der Waals surface area contributed by atoms with E-state index in [1.165, 1.54) is 32.4 Å². The van der Waals surface area contributed by atoms with Gasteiger partial charge in [-0.3, -0.25) is 9.59 Å². The minimum atomic E-state index is -0.406. The monoisotopic (exact) mass is 470 g/mol. The summed E-state index contributed by atoms with van der Waals surface area (Å²) in [7, 11) is 1.42. The second-order valence-electron chi connectivity index (χ2n) is 8.37. The molecule has 1 aliphatic carbocycles. The molecule has 3 rings (SSSR count). The zero-order valence-corrected chi connectivity index (χ0v) is 19.8. The maximum Gasteiger partial charge on any atom is 0.249 e. The molecule has 0 spiro atoms. The fourth-order valence-corrected chi connectivity index (χ4v) is 3.83. The molecule has 2 amide bonds. The van der Waals surface area contributed by atoms with E-state index < -0.39 is 5.82 Å². The molecule has 0 bridgehead atoms. The Balaban J connectivity index is 0.000000270. The number of halogens is 1. The van der Waals surface area contributed by atoms with E-state index in [9.17, 15) is 14.0 Å². The molecule has 8 heteroatoms. The summed E-state index contributed by atoms with van der Waals surface area (Å²) in [5.74, 6) is -0.0399. The number of methoxy groups -OCH3 is 1. The predicted molar refractivity (Wildman–Crippen MR) is 132 cm³/mol. The molecule has 2 aromatic carbocycles. The van der Waals surface area contributed by atoms with Crippen molar-refractivity contribution in [2.75, 3.05) is 7.11 Å². The number of carbonyl (C=O) groups is 2. The van der Waals surface area contributed by atoms with Gasteiger partial charge in [-0.1, -0.05) is 55.7 Å². The van der Waals surface area contributed by atoms with Crippen molar-refractivity contribution in [3.63, 3.8) is 0 Å². The summed E-state index contributed by atoms with van der Waals surface area (Å²) in [5.41, 5.74) is 12.2. The topological polar surface area (TPSA) is 120 Å². The molecule has 7 nitrogen and oxygen atoms in total. The Hall–Kier alpha value is -3.42. The highest BCUT2D eigenvalue weighted by Crippen LogP contribution is 2.26. The lowest BCUT2D eigenvalue weighted by Crippen LogP contribution is -2.24. The minimum absolute atomic E-state index is 0.0258. The summed E-state index contributed by atoms with van der Waals surface area (Å²) in [6, 6.07) is 14.4. The highest BCUT2D eigenvalue weighted by atomic mass is 19.1. The lowest BCUT2D eigenvalue weighted by molar-refractivity contribution is -0.121.